The van der Waals surface area contributed by atoms with Crippen LogP contribution in [0.1, 0.15) is 57.6 Å². The summed E-state index contributed by atoms with van der Waals surface area (Å²) < 4.78 is 5.67. The second-order valence-corrected chi connectivity index (χ2v) is 9.19. The maximum Gasteiger partial charge on any atom is 0.294 e. The van der Waals surface area contributed by atoms with Crippen LogP contribution in [0.15, 0.2) is 17.0 Å². The van der Waals surface area contributed by atoms with E-state index in [1.165, 1.54) is 11.3 Å². The van der Waals surface area contributed by atoms with E-state index in [1.807, 2.05) is 0 Å². The zero-order valence-electron chi connectivity index (χ0n) is 17.7. The van der Waals surface area contributed by atoms with E-state index in [9.17, 15) is 9.59 Å². The SMILES string of the molecule is C#CCN1C(=O)S/C(=C/c2cc3c(cc2OC)N(CCC)C(C)(C)CC3C)C1=O. The van der Waals surface area contributed by atoms with E-state index in [0.717, 1.165) is 41.6 Å². The number of hydrogen-bond donors (Lipinski definition) is 0. The molecule has 1 saturated heterocycles. The second kappa shape index (κ2) is 8.16. The smallest absolute Gasteiger partial charge is 0.294 e. The van der Waals surface area contributed by atoms with Crippen molar-refractivity contribution in [1.82, 2.24) is 4.90 Å². The number of imide groups is 1. The van der Waals surface area contributed by atoms with Crippen LogP contribution in [-0.4, -0.2) is 41.8 Å². The van der Waals surface area contributed by atoms with Crippen molar-refractivity contribution in [2.75, 3.05) is 25.1 Å². The molecule has 2 heterocycles. The highest BCUT2D eigenvalue weighted by molar-refractivity contribution is 8.18. The summed E-state index contributed by atoms with van der Waals surface area (Å²) in [5.41, 5.74) is 3.30. The van der Waals surface area contributed by atoms with Gasteiger partial charge in [-0.05, 0) is 62.1 Å². The summed E-state index contributed by atoms with van der Waals surface area (Å²) in [6.45, 7) is 9.95. The Balaban J connectivity index is 2.07. The van der Waals surface area contributed by atoms with Gasteiger partial charge in [0.25, 0.3) is 11.1 Å². The normalized spacial score (nSPS) is 22.1. The van der Waals surface area contributed by atoms with Gasteiger partial charge in [0.1, 0.15) is 5.75 Å². The average Bonchev–Trinajstić information content (AvgIpc) is 2.92. The molecule has 0 spiro atoms. The van der Waals surface area contributed by atoms with Crippen molar-refractivity contribution >= 4 is 34.7 Å². The van der Waals surface area contributed by atoms with Gasteiger partial charge in [-0.25, -0.2) is 0 Å². The highest BCUT2D eigenvalue weighted by atomic mass is 32.2. The third-order valence-electron chi connectivity index (χ3n) is 5.59. The number of fused-ring (bicyclic) bond motifs is 1. The number of nitrogens with zero attached hydrogens (tertiary/aromatic N) is 2. The molecule has 1 unspecified atom stereocenters. The molecule has 1 aromatic carbocycles. The summed E-state index contributed by atoms with van der Waals surface area (Å²) in [4.78, 5) is 28.6. The number of carbonyl (C=O) groups is 2. The standard InChI is InChI=1S/C23H28N2O3S/c1-7-9-24-21(26)20(29-22(24)27)12-16-11-17-15(3)14-23(4,5)25(10-8-2)18(17)13-19(16)28-6/h1,11-13,15H,8-10,14H2,2-6H3/b20-12+. The molecule has 0 radical (unpaired) electrons. The van der Waals surface area contributed by atoms with E-state index in [-0.39, 0.29) is 23.2 Å². The van der Waals surface area contributed by atoms with Crippen molar-refractivity contribution in [2.45, 2.75) is 52.0 Å². The third-order valence-corrected chi connectivity index (χ3v) is 6.50. The molecule has 0 aromatic heterocycles. The maximum atomic E-state index is 12.6. The lowest BCUT2D eigenvalue weighted by atomic mass is 9.79. The first-order valence-electron chi connectivity index (χ1n) is 9.91. The lowest BCUT2D eigenvalue weighted by Crippen LogP contribution is -2.48. The quantitative estimate of drug-likeness (QED) is 0.510. The first-order chi connectivity index (χ1) is 13.7. The minimum atomic E-state index is -0.348. The Labute approximate surface area is 177 Å². The fraction of sp³-hybridized carbons (Fsp3) is 0.478. The van der Waals surface area contributed by atoms with Gasteiger partial charge in [-0.15, -0.1) is 6.42 Å². The van der Waals surface area contributed by atoms with Gasteiger partial charge < -0.3 is 9.64 Å². The molecular formula is C23H28N2O3S. The Morgan fingerprint density at radius 1 is 1.38 bits per heavy atom. The largest absolute Gasteiger partial charge is 0.496 e. The lowest BCUT2D eigenvalue weighted by molar-refractivity contribution is -0.122. The van der Waals surface area contributed by atoms with Crippen LogP contribution in [0.4, 0.5) is 10.5 Å². The van der Waals surface area contributed by atoms with Crippen molar-refractivity contribution in [2.24, 2.45) is 0 Å². The molecule has 0 bridgehead atoms. The molecule has 29 heavy (non-hydrogen) atoms. The Bertz CT molecular complexity index is 913. The number of terminal acetylenes is 1. The van der Waals surface area contributed by atoms with Gasteiger partial charge in [-0.3, -0.25) is 14.5 Å². The van der Waals surface area contributed by atoms with Crippen LogP contribution in [0, 0.1) is 12.3 Å². The Morgan fingerprint density at radius 2 is 2.10 bits per heavy atom. The molecule has 5 nitrogen and oxygen atoms in total. The zero-order chi connectivity index (χ0) is 21.3. The monoisotopic (exact) mass is 412 g/mol. The topological polar surface area (TPSA) is 49.9 Å². The molecule has 1 aromatic rings. The number of methoxy groups -OCH3 is 1. The fourth-order valence-corrected chi connectivity index (χ4v) is 5.16. The summed E-state index contributed by atoms with van der Waals surface area (Å²) in [5.74, 6) is 3.08. The van der Waals surface area contributed by atoms with E-state index in [4.69, 9.17) is 11.2 Å². The van der Waals surface area contributed by atoms with E-state index in [1.54, 1.807) is 13.2 Å². The fourth-order valence-electron chi connectivity index (χ4n) is 4.33. The minimum Gasteiger partial charge on any atom is -0.496 e. The van der Waals surface area contributed by atoms with Crippen LogP contribution < -0.4 is 9.64 Å². The summed E-state index contributed by atoms with van der Waals surface area (Å²) in [6.07, 6.45) is 9.13. The molecule has 2 aliphatic rings. The molecule has 0 N–H and O–H groups in total. The third kappa shape index (κ3) is 3.89. The molecule has 0 saturated carbocycles. The number of thioether (sulfide) groups is 1. The van der Waals surface area contributed by atoms with Gasteiger partial charge in [0.15, 0.2) is 0 Å². The molecule has 0 aliphatic carbocycles. The van der Waals surface area contributed by atoms with E-state index in [0.29, 0.717) is 16.6 Å². The number of hydrogen-bond acceptors (Lipinski definition) is 5. The Hall–Kier alpha value is -2.39. The van der Waals surface area contributed by atoms with Crippen LogP contribution >= 0.6 is 11.8 Å². The number of rotatable bonds is 5. The summed E-state index contributed by atoms with van der Waals surface area (Å²) in [7, 11) is 1.63. The Morgan fingerprint density at radius 3 is 2.72 bits per heavy atom. The van der Waals surface area contributed by atoms with E-state index < -0.39 is 0 Å². The number of anilines is 1. The molecule has 1 fully saturated rings. The van der Waals surface area contributed by atoms with Gasteiger partial charge in [0, 0.05) is 29.4 Å². The summed E-state index contributed by atoms with van der Waals surface area (Å²) in [6, 6.07) is 4.17. The van der Waals surface area contributed by atoms with Gasteiger partial charge in [0.05, 0.1) is 18.6 Å². The Kier molecular flexibility index (Phi) is 6.00. The van der Waals surface area contributed by atoms with Crippen LogP contribution in [-0.2, 0) is 4.79 Å². The predicted molar refractivity (Wildman–Crippen MR) is 119 cm³/mol. The number of carbonyl (C=O) groups excluding carboxylic acids is 2. The van der Waals surface area contributed by atoms with Crippen molar-refractivity contribution in [3.05, 3.63) is 28.2 Å². The minimum absolute atomic E-state index is 0.0125. The molecule has 154 valence electrons. The molecule has 2 aliphatic heterocycles. The van der Waals surface area contributed by atoms with Crippen LogP contribution in [0.5, 0.6) is 5.75 Å². The van der Waals surface area contributed by atoms with Gasteiger partial charge in [-0.1, -0.05) is 19.8 Å². The second-order valence-electron chi connectivity index (χ2n) is 8.19. The van der Waals surface area contributed by atoms with Gasteiger partial charge >= 0.3 is 0 Å². The average molecular weight is 413 g/mol. The molecule has 3 rings (SSSR count). The van der Waals surface area contributed by atoms with Crippen LogP contribution in [0.25, 0.3) is 6.08 Å². The number of ether oxygens (including phenoxy) is 1. The predicted octanol–water partition coefficient (Wildman–Crippen LogP) is 4.87. The number of amides is 2. The lowest BCUT2D eigenvalue weighted by Gasteiger charge is -2.47. The highest BCUT2D eigenvalue weighted by Crippen LogP contribution is 2.46. The van der Waals surface area contributed by atoms with Crippen molar-refractivity contribution < 1.29 is 14.3 Å². The van der Waals surface area contributed by atoms with E-state index >= 15 is 0 Å². The molecule has 2 amide bonds. The summed E-state index contributed by atoms with van der Waals surface area (Å²) in [5, 5.41) is -0.333. The first kappa shape index (κ1) is 21.3. The van der Waals surface area contributed by atoms with Crippen LogP contribution in [0.3, 0.4) is 0 Å². The highest BCUT2D eigenvalue weighted by Gasteiger charge is 2.37. The van der Waals surface area contributed by atoms with Crippen molar-refractivity contribution in [1.29, 1.82) is 0 Å². The number of benzene rings is 1. The van der Waals surface area contributed by atoms with Gasteiger partial charge in [0.2, 0.25) is 0 Å². The van der Waals surface area contributed by atoms with Crippen molar-refractivity contribution in [3.63, 3.8) is 0 Å². The van der Waals surface area contributed by atoms with E-state index in [2.05, 4.69) is 50.6 Å². The molecule has 6 heteroatoms. The zero-order valence-corrected chi connectivity index (χ0v) is 18.6. The first-order valence-corrected chi connectivity index (χ1v) is 10.7. The summed E-state index contributed by atoms with van der Waals surface area (Å²) >= 11 is 0.919. The van der Waals surface area contributed by atoms with Crippen LogP contribution in [0.2, 0.25) is 0 Å². The maximum absolute atomic E-state index is 12.6. The van der Waals surface area contributed by atoms with Gasteiger partial charge in [-0.2, -0.15) is 0 Å². The molecular weight excluding hydrogens is 384 g/mol. The van der Waals surface area contributed by atoms with Crippen molar-refractivity contribution in [3.8, 4) is 18.1 Å². The molecule has 1 atom stereocenters.